The Hall–Kier alpha value is -1.24. The van der Waals surface area contributed by atoms with Gasteiger partial charge < -0.3 is 11.1 Å². The molecular formula is C24H38ClN3O2S. The predicted molar refractivity (Wildman–Crippen MR) is 131 cm³/mol. The summed E-state index contributed by atoms with van der Waals surface area (Å²) in [4.78, 5) is 24.5. The van der Waals surface area contributed by atoms with Gasteiger partial charge in [-0.15, -0.1) is 0 Å². The molecule has 0 aliphatic heterocycles. The van der Waals surface area contributed by atoms with E-state index in [0.717, 1.165) is 36.3 Å². The first kappa shape index (κ1) is 26.0. The second kappa shape index (κ2) is 10.6. The summed E-state index contributed by atoms with van der Waals surface area (Å²) in [6.07, 6.45) is 5.74. The molecule has 0 heterocycles. The van der Waals surface area contributed by atoms with Crippen molar-refractivity contribution in [2.75, 3.05) is 6.26 Å². The van der Waals surface area contributed by atoms with Crippen molar-refractivity contribution in [3.8, 4) is 0 Å². The second-order valence-electron chi connectivity index (χ2n) is 10.1. The van der Waals surface area contributed by atoms with E-state index < -0.39 is 11.0 Å². The zero-order chi connectivity index (χ0) is 23.4. The van der Waals surface area contributed by atoms with Gasteiger partial charge in [0.2, 0.25) is 11.8 Å². The molecule has 0 saturated heterocycles. The van der Waals surface area contributed by atoms with Gasteiger partial charge in [-0.3, -0.25) is 9.59 Å². The highest BCUT2D eigenvalue weighted by atomic mass is 35.5. The average Bonchev–Trinajstić information content (AvgIpc) is 2.67. The zero-order valence-corrected chi connectivity index (χ0v) is 21.2. The summed E-state index contributed by atoms with van der Waals surface area (Å²) < 4.78 is 3.15. The van der Waals surface area contributed by atoms with Gasteiger partial charge in [0, 0.05) is 16.5 Å². The molecule has 2 aliphatic rings. The number of rotatable bonds is 5. The van der Waals surface area contributed by atoms with Crippen LogP contribution in [-0.4, -0.2) is 29.7 Å². The van der Waals surface area contributed by atoms with E-state index in [1.54, 1.807) is 0 Å². The van der Waals surface area contributed by atoms with E-state index in [9.17, 15) is 9.59 Å². The normalized spacial score (nSPS) is 30.0. The Morgan fingerprint density at radius 3 is 2.39 bits per heavy atom. The van der Waals surface area contributed by atoms with Crippen molar-refractivity contribution in [3.05, 3.63) is 34.9 Å². The molecule has 31 heavy (non-hydrogen) atoms. The summed E-state index contributed by atoms with van der Waals surface area (Å²) in [7, 11) is 0. The lowest BCUT2D eigenvalue weighted by molar-refractivity contribution is -0.134. The lowest BCUT2D eigenvalue weighted by Gasteiger charge is -2.50. The lowest BCUT2D eigenvalue weighted by Crippen LogP contribution is -2.59. The smallest absolute Gasteiger partial charge is 0.240 e. The van der Waals surface area contributed by atoms with Crippen molar-refractivity contribution in [1.29, 1.82) is 0 Å². The highest BCUT2D eigenvalue weighted by molar-refractivity contribution is 7.96. The number of hydrogen-bond acceptors (Lipinski definition) is 4. The van der Waals surface area contributed by atoms with Gasteiger partial charge in [-0.2, -0.15) is 0 Å². The molecule has 1 aromatic carbocycles. The maximum absolute atomic E-state index is 12.6. The van der Waals surface area contributed by atoms with E-state index in [-0.39, 0.29) is 17.9 Å². The largest absolute Gasteiger partial charge is 0.369 e. The Labute approximate surface area is 196 Å². The Bertz CT molecular complexity index is 765. The molecule has 2 aliphatic carbocycles. The standard InChI is InChI=1S/C17H31N3O2S.C7H7Cl/c1-10-6-11-7-12(9-17(4,8-11)14(18)21)13(10)19-15(22)16(2,3)20-23-5;1-6-4-2-3-5-7(6)8/h10-13,20H,6-9H2,1-5H3,(H2,18,21)(H,19,22);2-5H,1H3. The molecule has 2 bridgehead atoms. The topological polar surface area (TPSA) is 84.2 Å². The highest BCUT2D eigenvalue weighted by Crippen LogP contribution is 2.50. The van der Waals surface area contributed by atoms with Crippen LogP contribution in [0.25, 0.3) is 0 Å². The maximum atomic E-state index is 12.6. The van der Waals surface area contributed by atoms with Crippen LogP contribution < -0.4 is 15.8 Å². The van der Waals surface area contributed by atoms with Crippen LogP contribution in [0.4, 0.5) is 0 Å². The van der Waals surface area contributed by atoms with Crippen LogP contribution in [0, 0.1) is 30.1 Å². The van der Waals surface area contributed by atoms with Crippen molar-refractivity contribution in [3.63, 3.8) is 0 Å². The molecule has 2 amide bonds. The minimum atomic E-state index is -0.613. The first-order chi connectivity index (χ1) is 14.4. The van der Waals surface area contributed by atoms with Gasteiger partial charge in [-0.1, -0.05) is 55.6 Å². The monoisotopic (exact) mass is 467 g/mol. The zero-order valence-electron chi connectivity index (χ0n) is 19.6. The summed E-state index contributed by atoms with van der Waals surface area (Å²) in [6, 6.07) is 7.90. The van der Waals surface area contributed by atoms with Crippen LogP contribution >= 0.6 is 23.5 Å². The summed E-state index contributed by atoms with van der Waals surface area (Å²) in [6.45, 7) is 9.98. The minimum Gasteiger partial charge on any atom is -0.369 e. The number of nitrogens with two attached hydrogens (primary N) is 1. The number of aryl methyl sites for hydroxylation is 1. The summed E-state index contributed by atoms with van der Waals surface area (Å²) >= 11 is 7.16. The fourth-order valence-electron chi connectivity index (χ4n) is 5.13. The Morgan fingerprint density at radius 2 is 1.87 bits per heavy atom. The number of halogens is 1. The minimum absolute atomic E-state index is 0.0218. The first-order valence-corrected chi connectivity index (χ1v) is 12.6. The van der Waals surface area contributed by atoms with E-state index in [1.807, 2.05) is 58.2 Å². The Morgan fingerprint density at radius 1 is 1.23 bits per heavy atom. The van der Waals surface area contributed by atoms with Gasteiger partial charge in [0.15, 0.2) is 0 Å². The summed E-state index contributed by atoms with van der Waals surface area (Å²) in [5.41, 5.74) is 5.75. The molecule has 1 aromatic rings. The second-order valence-corrected chi connectivity index (χ2v) is 11.1. The molecule has 5 nitrogen and oxygen atoms in total. The Balaban J connectivity index is 0.000000357. The summed E-state index contributed by atoms with van der Waals surface area (Å²) in [5.74, 6) is 1.14. The third-order valence-electron chi connectivity index (χ3n) is 6.81. The third kappa shape index (κ3) is 6.62. The molecule has 4 N–H and O–H groups in total. The Kier molecular flexibility index (Phi) is 8.88. The van der Waals surface area contributed by atoms with Crippen LogP contribution in [0.3, 0.4) is 0 Å². The van der Waals surface area contributed by atoms with Gasteiger partial charge in [0.05, 0.1) is 0 Å². The fraction of sp³-hybridized carbons (Fsp3) is 0.667. The fourth-order valence-corrected chi connectivity index (χ4v) is 5.87. The number of amides is 2. The van der Waals surface area contributed by atoms with E-state index in [1.165, 1.54) is 11.9 Å². The number of carbonyl (C=O) groups is 2. The molecule has 2 saturated carbocycles. The van der Waals surface area contributed by atoms with Gasteiger partial charge >= 0.3 is 0 Å². The molecule has 0 radical (unpaired) electrons. The van der Waals surface area contributed by atoms with Crippen LogP contribution in [0.15, 0.2) is 24.3 Å². The van der Waals surface area contributed by atoms with Crippen molar-refractivity contribution in [1.82, 2.24) is 10.0 Å². The molecule has 5 unspecified atom stereocenters. The van der Waals surface area contributed by atoms with Crippen LogP contribution in [0.5, 0.6) is 0 Å². The quantitative estimate of drug-likeness (QED) is 0.547. The van der Waals surface area contributed by atoms with E-state index in [4.69, 9.17) is 17.3 Å². The SMILES string of the molecule is CSNC(C)(C)C(=O)NC1C(C)CC2CC1CC(C)(C(N)=O)C2.Cc1ccccc1Cl. The first-order valence-electron chi connectivity index (χ1n) is 11.0. The number of nitrogens with one attached hydrogen (secondary N) is 2. The van der Waals surface area contributed by atoms with Crippen molar-refractivity contribution in [2.45, 2.75) is 71.9 Å². The van der Waals surface area contributed by atoms with Crippen molar-refractivity contribution >= 4 is 35.4 Å². The molecule has 0 aromatic heterocycles. The number of fused-ring (bicyclic) bond motifs is 2. The molecule has 7 heteroatoms. The number of primary amides is 1. The molecule has 0 spiro atoms. The van der Waals surface area contributed by atoms with Crippen LogP contribution in [0.2, 0.25) is 5.02 Å². The molecular weight excluding hydrogens is 430 g/mol. The van der Waals surface area contributed by atoms with Gasteiger partial charge in [0.25, 0.3) is 0 Å². The van der Waals surface area contributed by atoms with Crippen molar-refractivity contribution < 1.29 is 9.59 Å². The van der Waals surface area contributed by atoms with Crippen LogP contribution in [-0.2, 0) is 9.59 Å². The van der Waals surface area contributed by atoms with Gasteiger partial charge in [-0.25, -0.2) is 4.72 Å². The van der Waals surface area contributed by atoms with Gasteiger partial charge in [-0.05, 0) is 82.1 Å². The van der Waals surface area contributed by atoms with E-state index in [0.29, 0.717) is 17.8 Å². The summed E-state index contributed by atoms with van der Waals surface area (Å²) in [5, 5.41) is 4.10. The van der Waals surface area contributed by atoms with E-state index >= 15 is 0 Å². The van der Waals surface area contributed by atoms with Crippen LogP contribution in [0.1, 0.15) is 58.9 Å². The third-order valence-corrected chi connectivity index (χ3v) is 7.95. The predicted octanol–water partition coefficient (Wildman–Crippen LogP) is 4.71. The number of benzene rings is 1. The van der Waals surface area contributed by atoms with E-state index in [2.05, 4.69) is 17.0 Å². The molecule has 5 atom stereocenters. The molecule has 2 fully saturated rings. The highest BCUT2D eigenvalue weighted by Gasteiger charge is 2.49. The van der Waals surface area contributed by atoms with Gasteiger partial charge in [0.1, 0.15) is 5.54 Å². The number of hydrogen-bond donors (Lipinski definition) is 3. The lowest BCUT2D eigenvalue weighted by atomic mass is 9.57. The molecule has 3 rings (SSSR count). The van der Waals surface area contributed by atoms with Crippen molar-refractivity contribution in [2.24, 2.45) is 28.9 Å². The average molecular weight is 468 g/mol. The molecule has 174 valence electrons. The number of carbonyl (C=O) groups excluding carboxylic acids is 2. The maximum Gasteiger partial charge on any atom is 0.240 e.